The Bertz CT molecular complexity index is 1030. The molecule has 0 bridgehead atoms. The number of Topliss-reactive ketones (excluding diaryl/α,β-unsaturated/α-hetero) is 1. The Morgan fingerprint density at radius 2 is 1.91 bits per heavy atom. The molecule has 0 spiro atoms. The van der Waals surface area contributed by atoms with E-state index in [1.165, 1.54) is 0 Å². The van der Waals surface area contributed by atoms with Crippen molar-refractivity contribution in [3.8, 4) is 0 Å². The SMILES string of the molecule is CCN(CC)CCCNCC(=O)c1c(C)[nH]c(/C=C2\C(=O)N(C)c3ccc(C)cc32)c1C. The predicted molar refractivity (Wildman–Crippen MR) is 132 cm³/mol. The lowest BCUT2D eigenvalue weighted by atomic mass is 10.0. The average molecular weight is 437 g/mol. The van der Waals surface area contributed by atoms with Crippen LogP contribution in [0.2, 0.25) is 0 Å². The highest BCUT2D eigenvalue weighted by Gasteiger charge is 2.30. The molecule has 1 aromatic heterocycles. The molecule has 1 amide bonds. The van der Waals surface area contributed by atoms with E-state index < -0.39 is 0 Å². The number of aromatic nitrogens is 1. The molecule has 1 aliphatic heterocycles. The maximum absolute atomic E-state index is 12.9. The third kappa shape index (κ3) is 4.87. The highest BCUT2D eigenvalue weighted by Crippen LogP contribution is 2.37. The second-order valence-electron chi connectivity index (χ2n) is 8.59. The van der Waals surface area contributed by atoms with Gasteiger partial charge in [-0.2, -0.15) is 0 Å². The Morgan fingerprint density at radius 1 is 1.19 bits per heavy atom. The van der Waals surface area contributed by atoms with Crippen LogP contribution in [-0.4, -0.2) is 61.3 Å². The van der Waals surface area contributed by atoms with Crippen LogP contribution in [-0.2, 0) is 4.79 Å². The first kappa shape index (κ1) is 24.0. The average Bonchev–Trinajstić information content (AvgIpc) is 3.17. The summed E-state index contributed by atoms with van der Waals surface area (Å²) in [4.78, 5) is 33.2. The fourth-order valence-electron chi connectivity index (χ4n) is 4.44. The largest absolute Gasteiger partial charge is 0.358 e. The van der Waals surface area contributed by atoms with E-state index in [2.05, 4.69) is 29.0 Å². The molecule has 172 valence electrons. The maximum atomic E-state index is 12.9. The molecule has 1 aliphatic rings. The molecule has 32 heavy (non-hydrogen) atoms. The molecule has 6 heteroatoms. The minimum absolute atomic E-state index is 0.0278. The molecule has 0 unspecified atom stereocenters. The highest BCUT2D eigenvalue weighted by atomic mass is 16.2. The third-order valence-corrected chi connectivity index (χ3v) is 6.39. The molecule has 2 aromatic rings. The monoisotopic (exact) mass is 436 g/mol. The predicted octanol–water partition coefficient (Wildman–Crippen LogP) is 3.96. The Morgan fingerprint density at radius 3 is 2.59 bits per heavy atom. The zero-order chi connectivity index (χ0) is 23.4. The van der Waals surface area contributed by atoms with E-state index in [0.717, 1.165) is 71.9 Å². The maximum Gasteiger partial charge on any atom is 0.258 e. The Kier molecular flexibility index (Phi) is 7.69. The van der Waals surface area contributed by atoms with E-state index in [0.29, 0.717) is 12.1 Å². The zero-order valence-corrected chi connectivity index (χ0v) is 20.3. The van der Waals surface area contributed by atoms with Crippen LogP contribution in [0.5, 0.6) is 0 Å². The number of likely N-dealkylation sites (N-methyl/N-ethyl adjacent to an activating group) is 1. The number of amides is 1. The number of hydrogen-bond acceptors (Lipinski definition) is 4. The summed E-state index contributed by atoms with van der Waals surface area (Å²) in [5.74, 6) is 0.0508. The first-order valence-corrected chi connectivity index (χ1v) is 11.5. The number of nitrogens with one attached hydrogen (secondary N) is 2. The molecule has 0 fully saturated rings. The normalized spacial score (nSPS) is 14.7. The lowest BCUT2D eigenvalue weighted by molar-refractivity contribution is -0.112. The van der Waals surface area contributed by atoms with Crippen molar-refractivity contribution in [2.24, 2.45) is 0 Å². The molecule has 2 heterocycles. The molecular weight excluding hydrogens is 400 g/mol. The van der Waals surface area contributed by atoms with Crippen LogP contribution in [0.25, 0.3) is 11.6 Å². The van der Waals surface area contributed by atoms with Crippen molar-refractivity contribution >= 4 is 29.0 Å². The van der Waals surface area contributed by atoms with Gasteiger partial charge in [0.2, 0.25) is 0 Å². The van der Waals surface area contributed by atoms with Gasteiger partial charge in [-0.25, -0.2) is 0 Å². The number of rotatable bonds is 10. The van der Waals surface area contributed by atoms with E-state index in [-0.39, 0.29) is 11.7 Å². The van der Waals surface area contributed by atoms with Crippen LogP contribution in [0.4, 0.5) is 5.69 Å². The van der Waals surface area contributed by atoms with Crippen molar-refractivity contribution in [3.05, 3.63) is 51.8 Å². The number of anilines is 1. The molecule has 0 saturated carbocycles. The van der Waals surface area contributed by atoms with Crippen LogP contribution < -0.4 is 10.2 Å². The molecule has 0 saturated heterocycles. The van der Waals surface area contributed by atoms with Gasteiger partial charge in [-0.1, -0.05) is 25.5 Å². The summed E-state index contributed by atoms with van der Waals surface area (Å²) in [6.45, 7) is 14.5. The number of ketones is 1. The van der Waals surface area contributed by atoms with Crippen LogP contribution in [0.1, 0.15) is 58.7 Å². The molecule has 3 rings (SSSR count). The van der Waals surface area contributed by atoms with Gasteiger partial charge in [0, 0.05) is 29.6 Å². The summed E-state index contributed by atoms with van der Waals surface area (Å²) < 4.78 is 0. The number of carbonyl (C=O) groups is 2. The minimum Gasteiger partial charge on any atom is -0.358 e. The topological polar surface area (TPSA) is 68.4 Å². The van der Waals surface area contributed by atoms with E-state index in [1.54, 1.807) is 11.9 Å². The van der Waals surface area contributed by atoms with Gasteiger partial charge in [0.25, 0.3) is 5.91 Å². The van der Waals surface area contributed by atoms with Gasteiger partial charge in [-0.3, -0.25) is 9.59 Å². The Labute approximate surface area is 191 Å². The van der Waals surface area contributed by atoms with E-state index in [1.807, 2.05) is 45.0 Å². The number of H-pyrrole nitrogens is 1. The second kappa shape index (κ2) is 10.3. The van der Waals surface area contributed by atoms with E-state index in [4.69, 9.17) is 0 Å². The van der Waals surface area contributed by atoms with Gasteiger partial charge in [0.15, 0.2) is 5.78 Å². The Hall–Kier alpha value is -2.70. The van der Waals surface area contributed by atoms with E-state index >= 15 is 0 Å². The summed E-state index contributed by atoms with van der Waals surface area (Å²) in [5, 5.41) is 3.29. The summed E-state index contributed by atoms with van der Waals surface area (Å²) in [5.41, 5.74) is 6.89. The smallest absolute Gasteiger partial charge is 0.258 e. The van der Waals surface area contributed by atoms with Crippen molar-refractivity contribution in [2.45, 2.75) is 41.0 Å². The quantitative estimate of drug-likeness (QED) is 0.336. The van der Waals surface area contributed by atoms with Gasteiger partial charge >= 0.3 is 0 Å². The fourth-order valence-corrected chi connectivity index (χ4v) is 4.44. The van der Waals surface area contributed by atoms with Crippen LogP contribution in [0.15, 0.2) is 18.2 Å². The number of hydrogen-bond donors (Lipinski definition) is 2. The summed E-state index contributed by atoms with van der Waals surface area (Å²) in [6.07, 6.45) is 2.91. The lowest BCUT2D eigenvalue weighted by Crippen LogP contribution is -2.29. The number of fused-ring (bicyclic) bond motifs is 1. The highest BCUT2D eigenvalue weighted by molar-refractivity contribution is 6.35. The van der Waals surface area contributed by atoms with Crippen molar-refractivity contribution in [2.75, 3.05) is 44.7 Å². The molecule has 0 aliphatic carbocycles. The molecule has 0 radical (unpaired) electrons. The van der Waals surface area contributed by atoms with Crippen molar-refractivity contribution < 1.29 is 9.59 Å². The lowest BCUT2D eigenvalue weighted by Gasteiger charge is -2.17. The second-order valence-corrected chi connectivity index (χ2v) is 8.59. The molecule has 6 nitrogen and oxygen atoms in total. The molecule has 2 N–H and O–H groups in total. The first-order valence-electron chi connectivity index (χ1n) is 11.5. The number of aromatic amines is 1. The van der Waals surface area contributed by atoms with Gasteiger partial charge in [0.05, 0.1) is 17.8 Å². The molecular formula is C26H36N4O2. The molecule has 0 atom stereocenters. The van der Waals surface area contributed by atoms with Crippen LogP contribution >= 0.6 is 0 Å². The first-order chi connectivity index (χ1) is 15.3. The van der Waals surface area contributed by atoms with Gasteiger partial charge < -0.3 is 20.1 Å². The summed E-state index contributed by atoms with van der Waals surface area (Å²) in [6, 6.07) is 6.04. The van der Waals surface area contributed by atoms with Gasteiger partial charge in [-0.15, -0.1) is 0 Å². The number of nitrogens with zero attached hydrogens (tertiary/aromatic N) is 2. The number of aryl methyl sites for hydroxylation is 2. The number of carbonyl (C=O) groups excluding carboxylic acids is 2. The van der Waals surface area contributed by atoms with Crippen LogP contribution in [0, 0.1) is 20.8 Å². The molecule has 1 aromatic carbocycles. The van der Waals surface area contributed by atoms with Crippen molar-refractivity contribution in [1.82, 2.24) is 15.2 Å². The Balaban J connectivity index is 1.74. The van der Waals surface area contributed by atoms with Crippen molar-refractivity contribution in [3.63, 3.8) is 0 Å². The number of benzene rings is 1. The zero-order valence-electron chi connectivity index (χ0n) is 20.3. The third-order valence-electron chi connectivity index (χ3n) is 6.39. The summed E-state index contributed by atoms with van der Waals surface area (Å²) in [7, 11) is 1.80. The summed E-state index contributed by atoms with van der Waals surface area (Å²) >= 11 is 0. The standard InChI is InChI=1S/C26H36N4O2/c1-7-30(8-2)13-9-12-27-16-24(31)25-18(4)22(28-19(25)5)15-21-20-14-17(3)10-11-23(20)29(6)26(21)32/h10-11,14-15,27-28H,7-9,12-13,16H2,1-6H3/b21-15-. The van der Waals surface area contributed by atoms with Crippen LogP contribution in [0.3, 0.4) is 0 Å². The van der Waals surface area contributed by atoms with E-state index in [9.17, 15) is 9.59 Å². The van der Waals surface area contributed by atoms with Crippen molar-refractivity contribution in [1.29, 1.82) is 0 Å². The van der Waals surface area contributed by atoms with Gasteiger partial charge in [0.1, 0.15) is 0 Å². The van der Waals surface area contributed by atoms with Gasteiger partial charge in [-0.05, 0) is 77.1 Å². The minimum atomic E-state index is -0.0278. The fraction of sp³-hybridized carbons (Fsp3) is 0.462.